The van der Waals surface area contributed by atoms with Gasteiger partial charge in [-0.15, -0.1) is 0 Å². The summed E-state index contributed by atoms with van der Waals surface area (Å²) in [6, 6.07) is 18.1. The van der Waals surface area contributed by atoms with Gasteiger partial charge in [-0.05, 0) is 17.7 Å². The van der Waals surface area contributed by atoms with Gasteiger partial charge in [0, 0.05) is 17.8 Å². The zero-order valence-electron chi connectivity index (χ0n) is 12.1. The molecule has 22 heavy (non-hydrogen) atoms. The second-order valence-electron chi connectivity index (χ2n) is 5.58. The summed E-state index contributed by atoms with van der Waals surface area (Å²) in [4.78, 5) is 12.5. The van der Waals surface area contributed by atoms with Crippen molar-refractivity contribution in [2.75, 3.05) is 23.7 Å². The highest BCUT2D eigenvalue weighted by molar-refractivity contribution is 6.02. The van der Waals surface area contributed by atoms with Gasteiger partial charge in [0.15, 0.2) is 5.78 Å². The Morgan fingerprint density at radius 1 is 0.864 bits per heavy atom. The Morgan fingerprint density at radius 3 is 2.41 bits per heavy atom. The minimum atomic E-state index is -0.123. The average molecular weight is 291 g/mol. The second kappa shape index (κ2) is 5.31. The quantitative estimate of drug-likeness (QED) is 0.756. The number of ketones is 1. The summed E-state index contributed by atoms with van der Waals surface area (Å²) in [5.41, 5.74) is 4.91. The molecule has 3 N–H and O–H groups in total. The molecule has 2 aliphatic heterocycles. The van der Waals surface area contributed by atoms with Crippen LogP contribution in [0.2, 0.25) is 0 Å². The first kappa shape index (κ1) is 13.1. The number of rotatable bonds is 1. The van der Waals surface area contributed by atoms with Gasteiger partial charge in [-0.25, -0.2) is 0 Å². The van der Waals surface area contributed by atoms with E-state index in [2.05, 4.69) is 28.1 Å². The molecule has 110 valence electrons. The Kier molecular flexibility index (Phi) is 3.16. The van der Waals surface area contributed by atoms with E-state index >= 15 is 0 Å². The van der Waals surface area contributed by atoms with Gasteiger partial charge < -0.3 is 16.0 Å². The maximum Gasteiger partial charge on any atom is 0.176 e. The molecule has 0 radical (unpaired) electrons. The molecule has 2 aromatic rings. The van der Waals surface area contributed by atoms with Crippen LogP contribution in [0.5, 0.6) is 0 Å². The van der Waals surface area contributed by atoms with Gasteiger partial charge in [-0.1, -0.05) is 42.5 Å². The molecular weight excluding hydrogens is 274 g/mol. The molecule has 0 aliphatic carbocycles. The van der Waals surface area contributed by atoms with Crippen molar-refractivity contribution in [3.8, 4) is 0 Å². The third-order valence-electron chi connectivity index (χ3n) is 4.15. The number of hydrogen-bond acceptors (Lipinski definition) is 4. The Hall–Kier alpha value is -2.59. The molecule has 2 aliphatic rings. The molecule has 4 heteroatoms. The zero-order valence-corrected chi connectivity index (χ0v) is 12.1. The SMILES string of the molecule is O=C1CNCC2=C1C(c1ccccc1)Nc1ccccc1N2. The van der Waals surface area contributed by atoms with Gasteiger partial charge in [-0.2, -0.15) is 0 Å². The maximum atomic E-state index is 12.5. The molecule has 0 bridgehead atoms. The number of carbonyl (C=O) groups excluding carboxylic acids is 1. The van der Waals surface area contributed by atoms with Crippen LogP contribution in [0.25, 0.3) is 0 Å². The minimum absolute atomic E-state index is 0.123. The molecule has 2 heterocycles. The van der Waals surface area contributed by atoms with E-state index in [1.54, 1.807) is 0 Å². The molecule has 0 aromatic heterocycles. The molecule has 0 saturated heterocycles. The van der Waals surface area contributed by atoms with Gasteiger partial charge in [0.25, 0.3) is 0 Å². The number of anilines is 2. The van der Waals surface area contributed by atoms with Gasteiger partial charge >= 0.3 is 0 Å². The van der Waals surface area contributed by atoms with Crippen molar-refractivity contribution in [3.05, 3.63) is 71.4 Å². The lowest BCUT2D eigenvalue weighted by Crippen LogP contribution is -2.37. The fraction of sp³-hybridized carbons (Fsp3) is 0.167. The highest BCUT2D eigenvalue weighted by Crippen LogP contribution is 2.37. The smallest absolute Gasteiger partial charge is 0.176 e. The van der Waals surface area contributed by atoms with Gasteiger partial charge in [-0.3, -0.25) is 4.79 Å². The lowest BCUT2D eigenvalue weighted by atomic mass is 9.92. The van der Waals surface area contributed by atoms with Crippen molar-refractivity contribution in [3.63, 3.8) is 0 Å². The van der Waals surface area contributed by atoms with Crippen LogP contribution >= 0.6 is 0 Å². The monoisotopic (exact) mass is 291 g/mol. The summed E-state index contributed by atoms with van der Waals surface area (Å²) >= 11 is 0. The van der Waals surface area contributed by atoms with E-state index in [1.807, 2.05) is 42.5 Å². The van der Waals surface area contributed by atoms with E-state index in [0.29, 0.717) is 13.1 Å². The van der Waals surface area contributed by atoms with E-state index in [-0.39, 0.29) is 11.8 Å². The van der Waals surface area contributed by atoms with E-state index in [1.165, 1.54) is 0 Å². The minimum Gasteiger partial charge on any atom is -0.372 e. The highest BCUT2D eigenvalue weighted by atomic mass is 16.1. The average Bonchev–Trinajstić information content (AvgIpc) is 2.73. The van der Waals surface area contributed by atoms with Crippen LogP contribution in [-0.2, 0) is 4.79 Å². The largest absolute Gasteiger partial charge is 0.372 e. The molecule has 4 nitrogen and oxygen atoms in total. The van der Waals surface area contributed by atoms with Crippen molar-refractivity contribution in [2.24, 2.45) is 0 Å². The lowest BCUT2D eigenvalue weighted by molar-refractivity contribution is -0.115. The second-order valence-corrected chi connectivity index (χ2v) is 5.58. The van der Waals surface area contributed by atoms with E-state index in [0.717, 1.165) is 28.2 Å². The van der Waals surface area contributed by atoms with E-state index in [4.69, 9.17) is 0 Å². The molecule has 0 spiro atoms. The maximum absolute atomic E-state index is 12.5. The summed E-state index contributed by atoms with van der Waals surface area (Å²) in [6.45, 7) is 1.07. The number of fused-ring (bicyclic) bond motifs is 1. The standard InChI is InChI=1S/C18H17N3O/c22-16-11-19-10-15-17(16)18(12-6-2-1-3-7-12)21-14-9-5-4-8-13(14)20-15/h1-9,18-21H,10-11H2. The van der Waals surface area contributed by atoms with Crippen LogP contribution in [0.15, 0.2) is 65.9 Å². The Balaban J connectivity index is 1.88. The van der Waals surface area contributed by atoms with Gasteiger partial charge in [0.2, 0.25) is 0 Å². The number of benzene rings is 2. The zero-order chi connectivity index (χ0) is 14.9. The van der Waals surface area contributed by atoms with Crippen LogP contribution in [-0.4, -0.2) is 18.9 Å². The number of hydrogen-bond donors (Lipinski definition) is 3. The Bertz CT molecular complexity index is 752. The fourth-order valence-electron chi connectivity index (χ4n) is 3.11. The summed E-state index contributed by atoms with van der Waals surface area (Å²) < 4.78 is 0. The summed E-state index contributed by atoms with van der Waals surface area (Å²) in [7, 11) is 0. The van der Waals surface area contributed by atoms with Crippen LogP contribution in [0.1, 0.15) is 11.6 Å². The van der Waals surface area contributed by atoms with Crippen LogP contribution in [0.3, 0.4) is 0 Å². The Morgan fingerprint density at radius 2 is 1.59 bits per heavy atom. The normalized spacial score (nSPS) is 20.4. The summed E-state index contributed by atoms with van der Waals surface area (Å²) in [5, 5.41) is 10.1. The van der Waals surface area contributed by atoms with Crippen LogP contribution in [0.4, 0.5) is 11.4 Å². The third kappa shape index (κ3) is 2.18. The fourth-order valence-corrected chi connectivity index (χ4v) is 3.11. The first-order chi connectivity index (χ1) is 10.8. The van der Waals surface area contributed by atoms with Gasteiger partial charge in [0.1, 0.15) is 0 Å². The predicted molar refractivity (Wildman–Crippen MR) is 87.8 cm³/mol. The number of nitrogens with one attached hydrogen (secondary N) is 3. The van der Waals surface area contributed by atoms with E-state index in [9.17, 15) is 4.79 Å². The van der Waals surface area contributed by atoms with Crippen molar-refractivity contribution in [2.45, 2.75) is 6.04 Å². The van der Waals surface area contributed by atoms with Crippen molar-refractivity contribution < 1.29 is 4.79 Å². The molecule has 4 rings (SSSR count). The lowest BCUT2D eigenvalue weighted by Gasteiger charge is -2.25. The van der Waals surface area contributed by atoms with Crippen molar-refractivity contribution >= 4 is 17.2 Å². The predicted octanol–water partition coefficient (Wildman–Crippen LogP) is 2.69. The van der Waals surface area contributed by atoms with Gasteiger partial charge in [0.05, 0.1) is 24.0 Å². The molecule has 0 fully saturated rings. The van der Waals surface area contributed by atoms with Crippen molar-refractivity contribution in [1.82, 2.24) is 5.32 Å². The summed E-state index contributed by atoms with van der Waals surface area (Å²) in [6.07, 6.45) is 0. The topological polar surface area (TPSA) is 53.2 Å². The molecule has 1 unspecified atom stereocenters. The number of para-hydroxylation sites is 2. The first-order valence-electron chi connectivity index (χ1n) is 7.47. The van der Waals surface area contributed by atoms with Crippen LogP contribution < -0.4 is 16.0 Å². The molecule has 0 saturated carbocycles. The third-order valence-corrected chi connectivity index (χ3v) is 4.15. The number of carbonyl (C=O) groups is 1. The number of Topliss-reactive ketones (excluding diaryl/α,β-unsaturated/α-hetero) is 1. The molecule has 2 aromatic carbocycles. The highest BCUT2D eigenvalue weighted by Gasteiger charge is 2.31. The first-order valence-corrected chi connectivity index (χ1v) is 7.47. The van der Waals surface area contributed by atoms with Crippen molar-refractivity contribution in [1.29, 1.82) is 0 Å². The summed E-state index contributed by atoms with van der Waals surface area (Å²) in [5.74, 6) is 0.142. The Labute approximate surface area is 129 Å². The van der Waals surface area contributed by atoms with Crippen LogP contribution in [0, 0.1) is 0 Å². The molecular formula is C18H17N3O. The molecule has 1 atom stereocenters. The van der Waals surface area contributed by atoms with E-state index < -0.39 is 0 Å². The molecule has 0 amide bonds.